The van der Waals surface area contributed by atoms with Gasteiger partial charge in [0, 0.05) is 17.8 Å². The molecule has 2 aromatic carbocycles. The van der Waals surface area contributed by atoms with E-state index in [-0.39, 0.29) is 0 Å². The van der Waals surface area contributed by atoms with E-state index in [4.69, 9.17) is 21.1 Å². The summed E-state index contributed by atoms with van der Waals surface area (Å²) in [5.74, 6) is 0.353. The number of amides is 1. The van der Waals surface area contributed by atoms with Crippen LogP contribution in [-0.4, -0.2) is 34.9 Å². The maximum absolute atomic E-state index is 14.0. The summed E-state index contributed by atoms with van der Waals surface area (Å²) < 4.78 is 26.1. The van der Waals surface area contributed by atoms with Gasteiger partial charge in [0.1, 0.15) is 29.7 Å². The lowest BCUT2D eigenvalue weighted by Crippen LogP contribution is -2.31. The number of methoxy groups -OCH3 is 2. The highest BCUT2D eigenvalue weighted by atomic mass is 35.5. The molecule has 0 fully saturated rings. The topological polar surface area (TPSA) is 90.3 Å². The molecule has 0 saturated carbocycles. The van der Waals surface area contributed by atoms with Crippen LogP contribution in [0.5, 0.6) is 11.5 Å². The molecule has 1 aromatic heterocycles. The molecule has 1 atom stereocenters. The van der Waals surface area contributed by atoms with Crippen LogP contribution in [0.3, 0.4) is 0 Å². The Balaban J connectivity index is 1.77. The minimum Gasteiger partial charge on any atom is -0.495 e. The molecule has 0 saturated heterocycles. The molecule has 0 aliphatic carbocycles. The lowest BCUT2D eigenvalue weighted by atomic mass is 9.95. The number of anilines is 2. The molecule has 1 amide bonds. The number of rotatable bonds is 5. The van der Waals surface area contributed by atoms with Gasteiger partial charge in [0.25, 0.3) is 5.91 Å². The number of allylic oxidation sites excluding steroid dienone is 1. The van der Waals surface area contributed by atoms with Crippen molar-refractivity contribution in [2.75, 3.05) is 24.9 Å². The molecule has 1 unspecified atom stereocenters. The van der Waals surface area contributed by atoms with E-state index in [0.29, 0.717) is 45.0 Å². The van der Waals surface area contributed by atoms with Gasteiger partial charge in [-0.3, -0.25) is 4.79 Å². The standard InChI is InChI=1S/C21H19ClFN5O3/c1-11-18(20(29)27-15-9-16(30-2)14(22)8-17(15)31-3)19(12-5-4-6-13(23)7-12)28-21(26-11)24-10-25-28/h4-10,19H,1-3H3,(H,27,29)(H,24,25,26). The third-order valence-electron chi connectivity index (χ3n) is 4.93. The summed E-state index contributed by atoms with van der Waals surface area (Å²) in [7, 11) is 2.95. The first kappa shape index (κ1) is 20.7. The smallest absolute Gasteiger partial charge is 0.255 e. The summed E-state index contributed by atoms with van der Waals surface area (Å²) in [5.41, 5.74) is 1.83. The minimum absolute atomic E-state index is 0.344. The minimum atomic E-state index is -0.686. The van der Waals surface area contributed by atoms with Crippen LogP contribution in [0.25, 0.3) is 0 Å². The van der Waals surface area contributed by atoms with Crippen molar-refractivity contribution in [1.29, 1.82) is 0 Å². The van der Waals surface area contributed by atoms with Crippen molar-refractivity contribution in [3.63, 3.8) is 0 Å². The van der Waals surface area contributed by atoms with Gasteiger partial charge in [0.15, 0.2) is 0 Å². The highest BCUT2D eigenvalue weighted by molar-refractivity contribution is 6.32. The molecule has 2 N–H and O–H groups in total. The van der Waals surface area contributed by atoms with Gasteiger partial charge in [-0.1, -0.05) is 23.7 Å². The molecule has 0 radical (unpaired) electrons. The first-order chi connectivity index (χ1) is 14.9. The molecular formula is C21H19ClFN5O3. The molecule has 1 aliphatic rings. The fourth-order valence-electron chi connectivity index (χ4n) is 3.52. The van der Waals surface area contributed by atoms with E-state index in [1.165, 1.54) is 37.4 Å². The van der Waals surface area contributed by atoms with Crippen molar-refractivity contribution < 1.29 is 18.7 Å². The van der Waals surface area contributed by atoms with Crippen molar-refractivity contribution in [2.24, 2.45) is 0 Å². The number of carbonyl (C=O) groups excluding carboxylic acids is 1. The predicted octanol–water partition coefficient (Wildman–Crippen LogP) is 4.02. The Kier molecular flexibility index (Phi) is 5.51. The van der Waals surface area contributed by atoms with E-state index in [0.717, 1.165) is 0 Å². The van der Waals surface area contributed by atoms with E-state index in [9.17, 15) is 9.18 Å². The van der Waals surface area contributed by atoms with Crippen LogP contribution in [0.2, 0.25) is 5.02 Å². The van der Waals surface area contributed by atoms with Crippen LogP contribution in [0.4, 0.5) is 16.0 Å². The number of hydrogen-bond donors (Lipinski definition) is 2. The second kappa shape index (κ2) is 8.27. The lowest BCUT2D eigenvalue weighted by Gasteiger charge is -2.29. The number of benzene rings is 2. The fraction of sp³-hybridized carbons (Fsp3) is 0.190. The Hall–Kier alpha value is -3.59. The summed E-state index contributed by atoms with van der Waals surface area (Å²) in [6.07, 6.45) is 1.37. The van der Waals surface area contributed by atoms with Gasteiger partial charge in [-0.05, 0) is 24.6 Å². The summed E-state index contributed by atoms with van der Waals surface area (Å²) in [6.45, 7) is 1.75. The van der Waals surface area contributed by atoms with Crippen molar-refractivity contribution in [3.8, 4) is 11.5 Å². The fourth-order valence-corrected chi connectivity index (χ4v) is 3.75. The zero-order chi connectivity index (χ0) is 22.1. The number of ether oxygens (including phenoxy) is 2. The third-order valence-corrected chi connectivity index (χ3v) is 5.22. The molecule has 10 heteroatoms. The number of nitrogens with one attached hydrogen (secondary N) is 2. The highest BCUT2D eigenvalue weighted by Crippen LogP contribution is 2.38. The quantitative estimate of drug-likeness (QED) is 0.619. The Morgan fingerprint density at radius 3 is 2.71 bits per heavy atom. The molecular weight excluding hydrogens is 425 g/mol. The summed E-state index contributed by atoms with van der Waals surface area (Å²) in [4.78, 5) is 17.6. The molecule has 2 heterocycles. The zero-order valence-corrected chi connectivity index (χ0v) is 17.7. The molecule has 4 rings (SSSR count). The molecule has 0 spiro atoms. The lowest BCUT2D eigenvalue weighted by molar-refractivity contribution is -0.113. The predicted molar refractivity (Wildman–Crippen MR) is 114 cm³/mol. The van der Waals surface area contributed by atoms with Crippen LogP contribution < -0.4 is 20.1 Å². The first-order valence-corrected chi connectivity index (χ1v) is 9.66. The van der Waals surface area contributed by atoms with E-state index in [2.05, 4.69) is 20.7 Å². The number of fused-ring (bicyclic) bond motifs is 1. The van der Waals surface area contributed by atoms with Gasteiger partial charge in [0.05, 0.1) is 30.5 Å². The van der Waals surface area contributed by atoms with Gasteiger partial charge in [-0.25, -0.2) is 9.07 Å². The van der Waals surface area contributed by atoms with E-state index in [1.54, 1.807) is 31.2 Å². The SMILES string of the molecule is COc1cc(NC(=O)C2=C(C)Nc3ncnn3C2c2cccc(F)c2)c(OC)cc1Cl. The molecule has 0 bridgehead atoms. The maximum Gasteiger partial charge on any atom is 0.255 e. The Morgan fingerprint density at radius 1 is 1.23 bits per heavy atom. The monoisotopic (exact) mass is 443 g/mol. The average Bonchev–Trinajstić information content (AvgIpc) is 3.21. The van der Waals surface area contributed by atoms with Crippen LogP contribution in [0.1, 0.15) is 18.5 Å². The van der Waals surface area contributed by atoms with Crippen molar-refractivity contribution in [1.82, 2.24) is 14.8 Å². The molecule has 31 heavy (non-hydrogen) atoms. The zero-order valence-electron chi connectivity index (χ0n) is 16.9. The van der Waals surface area contributed by atoms with Gasteiger partial charge in [0.2, 0.25) is 5.95 Å². The van der Waals surface area contributed by atoms with E-state index >= 15 is 0 Å². The maximum atomic E-state index is 14.0. The van der Waals surface area contributed by atoms with Crippen LogP contribution in [-0.2, 0) is 4.79 Å². The van der Waals surface area contributed by atoms with Gasteiger partial charge in [-0.15, -0.1) is 0 Å². The van der Waals surface area contributed by atoms with Crippen LogP contribution in [0, 0.1) is 5.82 Å². The van der Waals surface area contributed by atoms with Crippen molar-refractivity contribution >= 4 is 29.1 Å². The summed E-state index contributed by atoms with van der Waals surface area (Å²) in [5, 5.41) is 10.5. The largest absolute Gasteiger partial charge is 0.495 e. The first-order valence-electron chi connectivity index (χ1n) is 9.28. The Bertz CT molecular complexity index is 1190. The summed E-state index contributed by atoms with van der Waals surface area (Å²) >= 11 is 6.16. The number of nitrogens with zero attached hydrogens (tertiary/aromatic N) is 3. The second-order valence-corrected chi connectivity index (χ2v) is 7.20. The van der Waals surface area contributed by atoms with Gasteiger partial charge < -0.3 is 20.1 Å². The third kappa shape index (κ3) is 3.79. The number of halogens is 2. The second-order valence-electron chi connectivity index (χ2n) is 6.79. The van der Waals surface area contributed by atoms with Crippen molar-refractivity contribution in [2.45, 2.75) is 13.0 Å². The number of carbonyl (C=O) groups is 1. The highest BCUT2D eigenvalue weighted by Gasteiger charge is 2.34. The molecule has 8 nitrogen and oxygen atoms in total. The molecule has 1 aliphatic heterocycles. The van der Waals surface area contributed by atoms with Crippen molar-refractivity contribution in [3.05, 3.63) is 70.4 Å². The van der Waals surface area contributed by atoms with E-state index < -0.39 is 17.8 Å². The normalized spacial score (nSPS) is 15.2. The van der Waals surface area contributed by atoms with Gasteiger partial charge >= 0.3 is 0 Å². The average molecular weight is 444 g/mol. The Labute approximate surface area is 182 Å². The Morgan fingerprint density at radius 2 is 2.00 bits per heavy atom. The van der Waals surface area contributed by atoms with Crippen LogP contribution in [0.15, 0.2) is 54.0 Å². The number of hydrogen-bond acceptors (Lipinski definition) is 6. The summed E-state index contributed by atoms with van der Waals surface area (Å²) in [6, 6.07) is 8.47. The van der Waals surface area contributed by atoms with Crippen LogP contribution >= 0.6 is 11.6 Å². The molecule has 3 aromatic rings. The van der Waals surface area contributed by atoms with E-state index in [1.807, 2.05) is 0 Å². The molecule has 160 valence electrons. The number of aromatic nitrogens is 3. The van der Waals surface area contributed by atoms with Gasteiger partial charge in [-0.2, -0.15) is 10.1 Å².